The third-order valence-electron chi connectivity index (χ3n) is 4.25. The van der Waals surface area contributed by atoms with Gasteiger partial charge in [0, 0.05) is 17.5 Å². The molecule has 0 bridgehead atoms. The molecule has 0 saturated heterocycles. The summed E-state index contributed by atoms with van der Waals surface area (Å²) in [6.45, 7) is 4.04. The molecule has 1 N–H and O–H groups in total. The molecule has 0 radical (unpaired) electrons. The first-order valence-corrected chi connectivity index (χ1v) is 8.82. The maximum Gasteiger partial charge on any atom is 0.276 e. The Bertz CT molecular complexity index is 486. The fourth-order valence-electron chi connectivity index (χ4n) is 2.73. The highest BCUT2D eigenvalue weighted by molar-refractivity contribution is 7.03. The zero-order valence-corrected chi connectivity index (χ0v) is 14.1. The van der Waals surface area contributed by atoms with Gasteiger partial charge in [-0.05, 0) is 37.7 Å². The average molecular weight is 324 g/mol. The van der Waals surface area contributed by atoms with E-state index in [0.717, 1.165) is 30.8 Å². The molecule has 7 heteroatoms. The number of amides is 2. The summed E-state index contributed by atoms with van der Waals surface area (Å²) in [6, 6.07) is 0.252. The van der Waals surface area contributed by atoms with Crippen LogP contribution in [0.5, 0.6) is 0 Å². The first kappa shape index (κ1) is 16.9. The van der Waals surface area contributed by atoms with Gasteiger partial charge < -0.3 is 10.2 Å². The lowest BCUT2D eigenvalue weighted by atomic mass is 9.95. The Morgan fingerprint density at radius 3 is 2.73 bits per heavy atom. The summed E-state index contributed by atoms with van der Waals surface area (Å²) in [5.74, 6) is -0.300. The maximum atomic E-state index is 12.5. The van der Waals surface area contributed by atoms with Crippen molar-refractivity contribution >= 4 is 23.3 Å². The average Bonchev–Trinajstić information content (AvgIpc) is 3.06. The van der Waals surface area contributed by atoms with Crippen LogP contribution in [0.15, 0.2) is 5.38 Å². The van der Waals surface area contributed by atoms with E-state index in [-0.39, 0.29) is 30.4 Å². The Labute approximate surface area is 135 Å². The van der Waals surface area contributed by atoms with E-state index >= 15 is 0 Å². The highest BCUT2D eigenvalue weighted by atomic mass is 32.1. The lowest BCUT2D eigenvalue weighted by molar-refractivity contribution is -0.123. The smallest absolute Gasteiger partial charge is 0.276 e. The minimum absolute atomic E-state index is 0.00805. The van der Waals surface area contributed by atoms with Crippen LogP contribution >= 0.6 is 11.5 Å². The van der Waals surface area contributed by atoms with Crippen LogP contribution in [0.25, 0.3) is 0 Å². The van der Waals surface area contributed by atoms with Gasteiger partial charge in [-0.2, -0.15) is 0 Å². The highest BCUT2D eigenvalue weighted by Crippen LogP contribution is 2.17. The first-order valence-electron chi connectivity index (χ1n) is 7.99. The van der Waals surface area contributed by atoms with Crippen LogP contribution in [-0.4, -0.2) is 44.9 Å². The SMILES string of the molecule is CC[C@@H](C)N(CC(=O)NC1CCCCC1)C(=O)c1csnn1. The molecule has 1 heterocycles. The Balaban J connectivity index is 1.96. The van der Waals surface area contributed by atoms with Crippen LogP contribution in [0.1, 0.15) is 62.9 Å². The standard InChI is InChI=1S/C15H24N4O2S/c1-3-11(2)19(15(21)13-10-22-18-17-13)9-14(20)16-12-7-5-4-6-8-12/h10-12H,3-9H2,1-2H3,(H,16,20)/t11-/m1/s1. The van der Waals surface area contributed by atoms with E-state index in [2.05, 4.69) is 14.9 Å². The van der Waals surface area contributed by atoms with Gasteiger partial charge >= 0.3 is 0 Å². The minimum atomic E-state index is -0.220. The van der Waals surface area contributed by atoms with Crippen LogP contribution < -0.4 is 5.32 Å². The molecule has 1 aromatic heterocycles. The maximum absolute atomic E-state index is 12.5. The third kappa shape index (κ3) is 4.50. The summed E-state index contributed by atoms with van der Waals surface area (Å²) >= 11 is 1.14. The molecule has 1 aliphatic carbocycles. The number of hydrogen-bond acceptors (Lipinski definition) is 5. The number of rotatable bonds is 6. The molecular weight excluding hydrogens is 300 g/mol. The predicted octanol–water partition coefficient (Wildman–Crippen LogP) is 2.23. The molecule has 1 aliphatic rings. The number of carbonyl (C=O) groups is 2. The van der Waals surface area contributed by atoms with Gasteiger partial charge in [0.25, 0.3) is 5.91 Å². The van der Waals surface area contributed by atoms with Crippen LogP contribution in [0.2, 0.25) is 0 Å². The molecule has 0 spiro atoms. The van der Waals surface area contributed by atoms with Crippen LogP contribution in [0, 0.1) is 0 Å². The van der Waals surface area contributed by atoms with Crippen molar-refractivity contribution < 1.29 is 9.59 Å². The zero-order valence-electron chi connectivity index (χ0n) is 13.2. The van der Waals surface area contributed by atoms with Gasteiger partial charge in [-0.15, -0.1) is 5.10 Å². The quantitative estimate of drug-likeness (QED) is 0.870. The Morgan fingerprint density at radius 2 is 2.14 bits per heavy atom. The molecule has 6 nitrogen and oxygen atoms in total. The molecule has 0 unspecified atom stereocenters. The molecule has 2 amide bonds. The second kappa shape index (κ2) is 8.22. The summed E-state index contributed by atoms with van der Waals surface area (Å²) in [5.41, 5.74) is 0.316. The van der Waals surface area contributed by atoms with Crippen LogP contribution in [0.3, 0.4) is 0 Å². The number of aromatic nitrogens is 2. The van der Waals surface area contributed by atoms with Crippen LogP contribution in [-0.2, 0) is 4.79 Å². The zero-order chi connectivity index (χ0) is 15.9. The van der Waals surface area contributed by atoms with Crippen molar-refractivity contribution in [1.29, 1.82) is 0 Å². The van der Waals surface area contributed by atoms with E-state index in [1.165, 1.54) is 19.3 Å². The minimum Gasteiger partial charge on any atom is -0.352 e. The summed E-state index contributed by atoms with van der Waals surface area (Å²) in [6.07, 6.45) is 6.46. The monoisotopic (exact) mass is 324 g/mol. The van der Waals surface area contributed by atoms with Crippen molar-refractivity contribution in [2.75, 3.05) is 6.54 Å². The van der Waals surface area contributed by atoms with Gasteiger partial charge in [-0.25, -0.2) is 0 Å². The molecule has 22 heavy (non-hydrogen) atoms. The molecule has 0 aliphatic heterocycles. The normalized spacial score (nSPS) is 17.0. The van der Waals surface area contributed by atoms with Crippen molar-refractivity contribution in [2.45, 2.75) is 64.5 Å². The Hall–Kier alpha value is -1.50. The number of nitrogens with one attached hydrogen (secondary N) is 1. The van der Waals surface area contributed by atoms with Crippen LogP contribution in [0.4, 0.5) is 0 Å². The molecule has 0 aromatic carbocycles. The fraction of sp³-hybridized carbons (Fsp3) is 0.733. The lowest BCUT2D eigenvalue weighted by Crippen LogP contribution is -2.47. The van der Waals surface area contributed by atoms with Crippen molar-refractivity contribution in [2.24, 2.45) is 0 Å². The van der Waals surface area contributed by atoms with E-state index in [1.807, 2.05) is 13.8 Å². The van der Waals surface area contributed by atoms with E-state index < -0.39 is 0 Å². The van der Waals surface area contributed by atoms with Crippen molar-refractivity contribution in [3.05, 3.63) is 11.1 Å². The molecule has 122 valence electrons. The van der Waals surface area contributed by atoms with Gasteiger partial charge in [-0.1, -0.05) is 30.7 Å². The second-order valence-electron chi connectivity index (χ2n) is 5.88. The number of hydrogen-bond donors (Lipinski definition) is 1. The predicted molar refractivity (Wildman–Crippen MR) is 85.7 cm³/mol. The van der Waals surface area contributed by atoms with Gasteiger partial charge in [0.1, 0.15) is 6.54 Å². The summed E-state index contributed by atoms with van der Waals surface area (Å²) < 4.78 is 3.73. The molecule has 2 rings (SSSR count). The van der Waals surface area contributed by atoms with E-state index in [1.54, 1.807) is 10.3 Å². The van der Waals surface area contributed by atoms with E-state index in [4.69, 9.17) is 0 Å². The molecule has 1 aromatic rings. The topological polar surface area (TPSA) is 75.2 Å². The summed E-state index contributed by atoms with van der Waals surface area (Å²) in [5, 5.41) is 8.51. The molecule has 1 fully saturated rings. The van der Waals surface area contributed by atoms with Gasteiger partial charge in [-0.3, -0.25) is 9.59 Å². The summed E-state index contributed by atoms with van der Waals surface area (Å²) in [4.78, 5) is 26.4. The number of nitrogens with zero attached hydrogens (tertiary/aromatic N) is 3. The van der Waals surface area contributed by atoms with Gasteiger partial charge in [0.15, 0.2) is 5.69 Å². The van der Waals surface area contributed by atoms with E-state index in [9.17, 15) is 9.59 Å². The Morgan fingerprint density at radius 1 is 1.41 bits per heavy atom. The van der Waals surface area contributed by atoms with E-state index in [0.29, 0.717) is 5.69 Å². The Kier molecular flexibility index (Phi) is 6.30. The second-order valence-corrected chi connectivity index (χ2v) is 6.49. The van der Waals surface area contributed by atoms with Gasteiger partial charge in [0.2, 0.25) is 5.91 Å². The van der Waals surface area contributed by atoms with Crippen molar-refractivity contribution in [3.63, 3.8) is 0 Å². The summed E-state index contributed by atoms with van der Waals surface area (Å²) in [7, 11) is 0. The molecule has 1 saturated carbocycles. The van der Waals surface area contributed by atoms with Crippen molar-refractivity contribution in [3.8, 4) is 0 Å². The molecule has 1 atom stereocenters. The third-order valence-corrected chi connectivity index (χ3v) is 4.75. The first-order chi connectivity index (χ1) is 10.6. The van der Waals surface area contributed by atoms with Gasteiger partial charge in [0.05, 0.1) is 0 Å². The molecular formula is C15H24N4O2S. The highest BCUT2D eigenvalue weighted by Gasteiger charge is 2.26. The lowest BCUT2D eigenvalue weighted by Gasteiger charge is -2.29. The fourth-order valence-corrected chi connectivity index (χ4v) is 3.16. The van der Waals surface area contributed by atoms with Crippen molar-refractivity contribution in [1.82, 2.24) is 19.8 Å². The number of carbonyl (C=O) groups excluding carboxylic acids is 2. The largest absolute Gasteiger partial charge is 0.352 e.